The van der Waals surface area contributed by atoms with Crippen molar-refractivity contribution in [1.82, 2.24) is 14.5 Å². The van der Waals surface area contributed by atoms with E-state index in [4.69, 9.17) is 10.1 Å². The van der Waals surface area contributed by atoms with Crippen molar-refractivity contribution < 1.29 is 9.90 Å². The Hall–Kier alpha value is -2.69. The number of carboxylic acid groups (broad SMARTS) is 1. The van der Waals surface area contributed by atoms with Gasteiger partial charge in [-0.05, 0) is 55.7 Å². The lowest BCUT2D eigenvalue weighted by Crippen LogP contribution is -2.04. The molecule has 23 heavy (non-hydrogen) atoms. The van der Waals surface area contributed by atoms with Crippen LogP contribution in [0.1, 0.15) is 24.0 Å². The minimum absolute atomic E-state index is 0.153. The molecule has 0 aliphatic heterocycles. The number of nitrogens with zero attached hydrogens (tertiary/aromatic N) is 3. The number of aromatic nitrogens is 3. The monoisotopic (exact) mass is 309 g/mol. The second kappa shape index (κ2) is 6.20. The van der Waals surface area contributed by atoms with Crippen molar-refractivity contribution in [1.29, 1.82) is 0 Å². The number of carbonyl (C=O) groups is 1. The summed E-state index contributed by atoms with van der Waals surface area (Å²) in [5, 5.41) is 8.89. The fourth-order valence-corrected chi connectivity index (χ4v) is 2.72. The Balaban J connectivity index is 2.11. The van der Waals surface area contributed by atoms with E-state index in [1.165, 1.54) is 11.1 Å². The van der Waals surface area contributed by atoms with Gasteiger partial charge in [0, 0.05) is 30.9 Å². The molecular weight excluding hydrogens is 290 g/mol. The molecule has 0 fully saturated rings. The molecule has 0 amide bonds. The molecule has 2 aromatic heterocycles. The predicted octanol–water partition coefficient (Wildman–Crippen LogP) is 3.58. The molecule has 118 valence electrons. The number of benzene rings is 1. The third-order valence-electron chi connectivity index (χ3n) is 4.07. The number of hydrogen-bond donors (Lipinski definition) is 1. The summed E-state index contributed by atoms with van der Waals surface area (Å²) in [4.78, 5) is 19.6. The lowest BCUT2D eigenvalue weighted by atomic mass is 10.1. The smallest absolute Gasteiger partial charge is 0.303 e. The number of pyridine rings is 1. The zero-order valence-electron chi connectivity index (χ0n) is 13.3. The maximum absolute atomic E-state index is 10.8. The fourth-order valence-electron chi connectivity index (χ4n) is 2.72. The number of imidazole rings is 1. The van der Waals surface area contributed by atoms with Gasteiger partial charge in [0.2, 0.25) is 0 Å². The first kappa shape index (κ1) is 15.2. The first-order valence-corrected chi connectivity index (χ1v) is 7.66. The van der Waals surface area contributed by atoms with E-state index in [0.717, 1.165) is 22.4 Å². The molecule has 0 radical (unpaired) electrons. The van der Waals surface area contributed by atoms with Gasteiger partial charge in [-0.25, -0.2) is 4.98 Å². The molecule has 1 N–H and O–H groups in total. The summed E-state index contributed by atoms with van der Waals surface area (Å²) in [7, 11) is 0. The van der Waals surface area contributed by atoms with E-state index in [1.807, 2.05) is 12.1 Å². The van der Waals surface area contributed by atoms with Crippen molar-refractivity contribution in [2.75, 3.05) is 0 Å². The largest absolute Gasteiger partial charge is 0.481 e. The van der Waals surface area contributed by atoms with Gasteiger partial charge in [-0.2, -0.15) is 0 Å². The van der Waals surface area contributed by atoms with Gasteiger partial charge in [-0.15, -0.1) is 0 Å². The van der Waals surface area contributed by atoms with Crippen LogP contribution in [0.25, 0.3) is 22.4 Å². The highest BCUT2D eigenvalue weighted by atomic mass is 16.4. The average Bonchev–Trinajstić information content (AvgIpc) is 2.86. The van der Waals surface area contributed by atoms with Crippen molar-refractivity contribution in [3.8, 4) is 11.4 Å². The summed E-state index contributed by atoms with van der Waals surface area (Å²) in [6.07, 6.45) is 4.21. The highest BCUT2D eigenvalue weighted by molar-refractivity contribution is 5.82. The Bertz CT molecular complexity index is 854. The molecule has 0 aliphatic rings. The molecule has 5 heteroatoms. The Kier molecular flexibility index (Phi) is 4.10. The van der Waals surface area contributed by atoms with Crippen LogP contribution in [0.5, 0.6) is 0 Å². The topological polar surface area (TPSA) is 68.0 Å². The molecule has 0 atom stereocenters. The summed E-state index contributed by atoms with van der Waals surface area (Å²) >= 11 is 0. The van der Waals surface area contributed by atoms with E-state index in [-0.39, 0.29) is 6.42 Å². The number of carboxylic acids is 1. The molecule has 3 aromatic rings. The molecular formula is C18H19N3O2. The van der Waals surface area contributed by atoms with E-state index >= 15 is 0 Å². The Labute approximate surface area is 134 Å². The Morgan fingerprint density at radius 1 is 1.17 bits per heavy atom. The maximum atomic E-state index is 10.8. The van der Waals surface area contributed by atoms with Gasteiger partial charge in [0.05, 0.1) is 11.0 Å². The van der Waals surface area contributed by atoms with Gasteiger partial charge in [-0.3, -0.25) is 9.78 Å². The second-order valence-corrected chi connectivity index (χ2v) is 5.75. The lowest BCUT2D eigenvalue weighted by Gasteiger charge is -2.09. The summed E-state index contributed by atoms with van der Waals surface area (Å²) in [5.41, 5.74) is 5.38. The molecule has 3 rings (SSSR count). The van der Waals surface area contributed by atoms with Crippen molar-refractivity contribution in [2.45, 2.75) is 33.2 Å². The van der Waals surface area contributed by atoms with Gasteiger partial charge in [0.15, 0.2) is 0 Å². The fraction of sp³-hybridized carbons (Fsp3) is 0.278. The predicted molar refractivity (Wildman–Crippen MR) is 89.3 cm³/mol. The molecule has 0 bridgehead atoms. The SMILES string of the molecule is Cc1cc2nc(-c3ccncc3)n(CCCC(=O)O)c2cc1C. The van der Waals surface area contributed by atoms with Crippen LogP contribution in [0.4, 0.5) is 0 Å². The van der Waals surface area contributed by atoms with Crippen LogP contribution in [-0.2, 0) is 11.3 Å². The third-order valence-corrected chi connectivity index (χ3v) is 4.07. The minimum Gasteiger partial charge on any atom is -0.481 e. The highest BCUT2D eigenvalue weighted by Crippen LogP contribution is 2.27. The normalized spacial score (nSPS) is 11.0. The van der Waals surface area contributed by atoms with E-state index in [1.54, 1.807) is 12.4 Å². The second-order valence-electron chi connectivity index (χ2n) is 5.75. The minimum atomic E-state index is -0.771. The highest BCUT2D eigenvalue weighted by Gasteiger charge is 2.14. The lowest BCUT2D eigenvalue weighted by molar-refractivity contribution is -0.137. The van der Waals surface area contributed by atoms with E-state index in [9.17, 15) is 4.79 Å². The number of aliphatic carboxylic acids is 1. The molecule has 2 heterocycles. The third kappa shape index (κ3) is 3.08. The van der Waals surface area contributed by atoms with Gasteiger partial charge < -0.3 is 9.67 Å². The summed E-state index contributed by atoms with van der Waals surface area (Å²) in [6.45, 7) is 4.78. The van der Waals surface area contributed by atoms with Gasteiger partial charge >= 0.3 is 5.97 Å². The molecule has 0 aliphatic carbocycles. The van der Waals surface area contributed by atoms with Crippen molar-refractivity contribution in [2.24, 2.45) is 0 Å². The van der Waals surface area contributed by atoms with Crippen molar-refractivity contribution in [3.05, 3.63) is 47.8 Å². The van der Waals surface area contributed by atoms with Crippen LogP contribution in [0.3, 0.4) is 0 Å². The first-order chi connectivity index (χ1) is 11.1. The molecule has 0 saturated carbocycles. The van der Waals surface area contributed by atoms with Crippen LogP contribution in [0.2, 0.25) is 0 Å². The summed E-state index contributed by atoms with van der Waals surface area (Å²) < 4.78 is 2.11. The molecule has 0 spiro atoms. The van der Waals surface area contributed by atoms with Crippen LogP contribution < -0.4 is 0 Å². The number of rotatable bonds is 5. The van der Waals surface area contributed by atoms with Crippen molar-refractivity contribution >= 4 is 17.0 Å². The Morgan fingerprint density at radius 3 is 2.57 bits per heavy atom. The molecule has 0 saturated heterocycles. The van der Waals surface area contributed by atoms with E-state index in [2.05, 4.69) is 35.5 Å². The van der Waals surface area contributed by atoms with Crippen LogP contribution in [0, 0.1) is 13.8 Å². The number of aryl methyl sites for hydroxylation is 3. The van der Waals surface area contributed by atoms with E-state index < -0.39 is 5.97 Å². The van der Waals surface area contributed by atoms with Crippen LogP contribution >= 0.6 is 0 Å². The molecule has 1 aromatic carbocycles. The van der Waals surface area contributed by atoms with Gasteiger partial charge in [0.25, 0.3) is 0 Å². The van der Waals surface area contributed by atoms with Crippen molar-refractivity contribution in [3.63, 3.8) is 0 Å². The maximum Gasteiger partial charge on any atom is 0.303 e. The van der Waals surface area contributed by atoms with Crippen LogP contribution in [-0.4, -0.2) is 25.6 Å². The number of fused-ring (bicyclic) bond motifs is 1. The van der Waals surface area contributed by atoms with E-state index in [0.29, 0.717) is 13.0 Å². The Morgan fingerprint density at radius 2 is 1.87 bits per heavy atom. The summed E-state index contributed by atoms with van der Waals surface area (Å²) in [5.74, 6) is 0.0877. The number of hydrogen-bond acceptors (Lipinski definition) is 3. The molecule has 0 unspecified atom stereocenters. The zero-order chi connectivity index (χ0) is 16.4. The zero-order valence-corrected chi connectivity index (χ0v) is 13.3. The molecule has 5 nitrogen and oxygen atoms in total. The van der Waals surface area contributed by atoms with Crippen LogP contribution in [0.15, 0.2) is 36.7 Å². The quantitative estimate of drug-likeness (QED) is 0.782. The average molecular weight is 309 g/mol. The first-order valence-electron chi connectivity index (χ1n) is 7.66. The standard InChI is InChI=1S/C18H19N3O2/c1-12-10-15-16(11-13(12)2)21(9-3-4-17(22)23)18(20-15)14-5-7-19-8-6-14/h5-8,10-11H,3-4,9H2,1-2H3,(H,22,23). The van der Waals surface area contributed by atoms with Gasteiger partial charge in [0.1, 0.15) is 5.82 Å². The summed E-state index contributed by atoms with van der Waals surface area (Å²) in [6, 6.07) is 8.06. The van der Waals surface area contributed by atoms with Gasteiger partial charge in [-0.1, -0.05) is 0 Å².